The summed E-state index contributed by atoms with van der Waals surface area (Å²) in [6.07, 6.45) is 1.66. The maximum absolute atomic E-state index is 11.6. The predicted molar refractivity (Wildman–Crippen MR) is 59.5 cm³/mol. The Labute approximate surface area is 95.4 Å². The number of rotatable bonds is 2. The molecule has 0 aliphatic rings. The van der Waals surface area contributed by atoms with E-state index in [0.717, 1.165) is 0 Å². The second-order valence-electron chi connectivity index (χ2n) is 2.90. The topological polar surface area (TPSA) is 31.2 Å². The Morgan fingerprint density at radius 3 is 2.47 bits per heavy atom. The van der Waals surface area contributed by atoms with E-state index < -0.39 is 0 Å². The fourth-order valence-corrected chi connectivity index (χ4v) is 1.48. The molecule has 3 nitrogen and oxygen atoms in total. The molecule has 1 aromatic carbocycles. The van der Waals surface area contributed by atoms with Crippen LogP contribution in [0.4, 0.5) is 0 Å². The molecular formula is C11H8BrNO2. The van der Waals surface area contributed by atoms with E-state index in [1.54, 1.807) is 42.6 Å². The van der Waals surface area contributed by atoms with Crippen LogP contribution in [0.1, 0.15) is 10.4 Å². The number of benzene rings is 1. The highest BCUT2D eigenvalue weighted by molar-refractivity contribution is 9.10. The molecule has 76 valence electrons. The van der Waals surface area contributed by atoms with Crippen LogP contribution in [0, 0.1) is 0 Å². The third-order valence-electron chi connectivity index (χ3n) is 1.86. The van der Waals surface area contributed by atoms with Gasteiger partial charge in [0.05, 0.1) is 5.56 Å². The Kier molecular flexibility index (Phi) is 2.87. The van der Waals surface area contributed by atoms with Crippen LogP contribution in [-0.4, -0.2) is 10.7 Å². The van der Waals surface area contributed by atoms with Crippen molar-refractivity contribution in [1.82, 2.24) is 4.73 Å². The summed E-state index contributed by atoms with van der Waals surface area (Å²) in [4.78, 5) is 16.7. The van der Waals surface area contributed by atoms with Gasteiger partial charge in [-0.25, -0.2) is 4.79 Å². The Hall–Kier alpha value is -1.55. The normalized spacial score (nSPS) is 9.93. The van der Waals surface area contributed by atoms with Crippen molar-refractivity contribution >= 4 is 21.9 Å². The highest BCUT2D eigenvalue weighted by Crippen LogP contribution is 2.09. The van der Waals surface area contributed by atoms with Crippen molar-refractivity contribution < 1.29 is 9.63 Å². The molecule has 0 atom stereocenters. The Balaban J connectivity index is 2.15. The van der Waals surface area contributed by atoms with E-state index in [4.69, 9.17) is 4.84 Å². The lowest BCUT2D eigenvalue weighted by Crippen LogP contribution is -2.18. The lowest BCUT2D eigenvalue weighted by atomic mass is 10.2. The van der Waals surface area contributed by atoms with Crippen LogP contribution >= 0.6 is 15.9 Å². The average molecular weight is 266 g/mol. The van der Waals surface area contributed by atoms with Gasteiger partial charge in [-0.3, -0.25) is 0 Å². The SMILES string of the molecule is O=C(On1cccc1Br)c1ccccc1. The molecule has 1 aromatic heterocycles. The van der Waals surface area contributed by atoms with Crippen LogP contribution in [0.15, 0.2) is 53.3 Å². The van der Waals surface area contributed by atoms with Crippen LogP contribution in [0.5, 0.6) is 0 Å². The standard InChI is InChI=1S/C11H8BrNO2/c12-10-7-4-8-13(10)15-11(14)9-5-2-1-3-6-9/h1-8H. The Morgan fingerprint density at radius 2 is 1.87 bits per heavy atom. The summed E-state index contributed by atoms with van der Waals surface area (Å²) in [5, 5.41) is 0. The molecule has 0 saturated carbocycles. The molecule has 0 aliphatic carbocycles. The van der Waals surface area contributed by atoms with E-state index in [1.165, 1.54) is 4.73 Å². The van der Waals surface area contributed by atoms with Gasteiger partial charge in [-0.1, -0.05) is 18.2 Å². The molecule has 0 spiro atoms. The molecule has 0 amide bonds. The molecular weight excluding hydrogens is 258 g/mol. The monoisotopic (exact) mass is 265 g/mol. The van der Waals surface area contributed by atoms with Gasteiger partial charge in [-0.2, -0.15) is 4.73 Å². The first-order valence-electron chi connectivity index (χ1n) is 4.38. The number of hydrogen-bond donors (Lipinski definition) is 0. The summed E-state index contributed by atoms with van der Waals surface area (Å²) in [6, 6.07) is 12.4. The molecule has 0 unspecified atom stereocenters. The first-order valence-corrected chi connectivity index (χ1v) is 5.17. The Morgan fingerprint density at radius 1 is 1.13 bits per heavy atom. The van der Waals surface area contributed by atoms with E-state index in [9.17, 15) is 4.79 Å². The number of halogens is 1. The largest absolute Gasteiger partial charge is 0.363 e. The third kappa shape index (κ3) is 2.27. The van der Waals surface area contributed by atoms with Gasteiger partial charge in [0.1, 0.15) is 4.60 Å². The molecule has 0 bridgehead atoms. The highest BCUT2D eigenvalue weighted by atomic mass is 79.9. The zero-order chi connectivity index (χ0) is 10.7. The third-order valence-corrected chi connectivity index (χ3v) is 2.47. The molecule has 0 N–H and O–H groups in total. The van der Waals surface area contributed by atoms with Gasteiger partial charge in [0.25, 0.3) is 0 Å². The molecule has 4 heteroatoms. The van der Waals surface area contributed by atoms with Crippen molar-refractivity contribution in [2.75, 3.05) is 0 Å². The molecule has 0 aliphatic heterocycles. The smallest absolute Gasteiger partial charge is 0.331 e. The predicted octanol–water partition coefficient (Wildman–Crippen LogP) is 2.52. The van der Waals surface area contributed by atoms with Crippen LogP contribution < -0.4 is 4.84 Å². The number of carbonyl (C=O) groups is 1. The molecule has 0 saturated heterocycles. The molecule has 2 aromatic rings. The van der Waals surface area contributed by atoms with Crippen molar-refractivity contribution in [3.8, 4) is 0 Å². The highest BCUT2D eigenvalue weighted by Gasteiger charge is 2.08. The fraction of sp³-hybridized carbons (Fsp3) is 0. The van der Waals surface area contributed by atoms with Gasteiger partial charge in [0.2, 0.25) is 0 Å². The molecule has 15 heavy (non-hydrogen) atoms. The van der Waals surface area contributed by atoms with Gasteiger partial charge in [-0.05, 0) is 40.2 Å². The van der Waals surface area contributed by atoms with Gasteiger partial charge in [0, 0.05) is 6.20 Å². The van der Waals surface area contributed by atoms with Crippen molar-refractivity contribution in [3.05, 3.63) is 58.8 Å². The van der Waals surface area contributed by atoms with Crippen molar-refractivity contribution in [2.24, 2.45) is 0 Å². The summed E-state index contributed by atoms with van der Waals surface area (Å²) in [6.45, 7) is 0. The maximum atomic E-state index is 11.6. The number of hydrogen-bond acceptors (Lipinski definition) is 2. The van der Waals surface area contributed by atoms with Crippen molar-refractivity contribution in [2.45, 2.75) is 0 Å². The quantitative estimate of drug-likeness (QED) is 0.836. The van der Waals surface area contributed by atoms with Gasteiger partial charge < -0.3 is 4.84 Å². The lowest BCUT2D eigenvalue weighted by molar-refractivity contribution is 0.0452. The van der Waals surface area contributed by atoms with E-state index in [0.29, 0.717) is 10.2 Å². The average Bonchev–Trinajstić information content (AvgIpc) is 2.66. The van der Waals surface area contributed by atoms with E-state index in [2.05, 4.69) is 15.9 Å². The van der Waals surface area contributed by atoms with Gasteiger partial charge in [-0.15, -0.1) is 0 Å². The number of carbonyl (C=O) groups excluding carboxylic acids is 1. The molecule has 1 heterocycles. The Bertz CT molecular complexity index is 464. The number of aromatic nitrogens is 1. The molecule has 0 fully saturated rings. The van der Waals surface area contributed by atoms with Gasteiger partial charge in [0.15, 0.2) is 0 Å². The maximum Gasteiger partial charge on any atom is 0.363 e. The summed E-state index contributed by atoms with van der Waals surface area (Å²) in [5.74, 6) is -0.382. The summed E-state index contributed by atoms with van der Waals surface area (Å²) in [7, 11) is 0. The second kappa shape index (κ2) is 4.31. The van der Waals surface area contributed by atoms with Crippen LogP contribution in [0.3, 0.4) is 0 Å². The summed E-state index contributed by atoms with van der Waals surface area (Å²) in [5.41, 5.74) is 0.526. The summed E-state index contributed by atoms with van der Waals surface area (Å²) >= 11 is 3.25. The molecule has 0 radical (unpaired) electrons. The van der Waals surface area contributed by atoms with Crippen molar-refractivity contribution in [3.63, 3.8) is 0 Å². The van der Waals surface area contributed by atoms with E-state index in [1.807, 2.05) is 6.07 Å². The lowest BCUT2D eigenvalue weighted by Gasteiger charge is -2.05. The van der Waals surface area contributed by atoms with Crippen LogP contribution in [-0.2, 0) is 0 Å². The molecule has 2 rings (SSSR count). The second-order valence-corrected chi connectivity index (χ2v) is 3.71. The van der Waals surface area contributed by atoms with Gasteiger partial charge >= 0.3 is 5.97 Å². The summed E-state index contributed by atoms with van der Waals surface area (Å²) < 4.78 is 2.07. The fourth-order valence-electron chi connectivity index (χ4n) is 1.14. The number of nitrogens with zero attached hydrogens (tertiary/aromatic N) is 1. The van der Waals surface area contributed by atoms with Crippen molar-refractivity contribution in [1.29, 1.82) is 0 Å². The first-order chi connectivity index (χ1) is 7.27. The van der Waals surface area contributed by atoms with Crippen LogP contribution in [0.2, 0.25) is 0 Å². The van der Waals surface area contributed by atoms with E-state index >= 15 is 0 Å². The first kappa shape index (κ1) is 9.98. The zero-order valence-electron chi connectivity index (χ0n) is 7.76. The minimum Gasteiger partial charge on any atom is -0.331 e. The minimum absolute atomic E-state index is 0.382. The van der Waals surface area contributed by atoms with Crippen LogP contribution in [0.25, 0.3) is 0 Å². The van der Waals surface area contributed by atoms with E-state index in [-0.39, 0.29) is 5.97 Å². The minimum atomic E-state index is -0.382. The zero-order valence-corrected chi connectivity index (χ0v) is 9.35.